The van der Waals surface area contributed by atoms with Crippen LogP contribution in [0, 0.1) is 0 Å². The van der Waals surface area contributed by atoms with Crippen molar-refractivity contribution in [2.24, 2.45) is 0 Å². The molecular weight excluding hydrogens is 599 g/mol. The molecule has 0 bridgehead atoms. The van der Waals surface area contributed by atoms with Crippen molar-refractivity contribution in [2.45, 2.75) is 64.8 Å². The fourth-order valence-corrected chi connectivity index (χ4v) is 53.7. The second kappa shape index (κ2) is 5.47. The molecule has 2 aromatic carbocycles. The molecule has 172 valence electrons. The van der Waals surface area contributed by atoms with Gasteiger partial charge in [-0.25, -0.2) is 0 Å². The molecule has 4 heteroatoms. The quantitative estimate of drug-likeness (QED) is 0.292. The average Bonchev–Trinajstić information content (AvgIpc) is 3.28. The summed E-state index contributed by atoms with van der Waals surface area (Å²) in [6, 6.07) is 15.0. The topological polar surface area (TPSA) is 0 Å². The zero-order valence-electron chi connectivity index (χ0n) is 21.9. The zero-order chi connectivity index (χ0) is 24.0. The van der Waals surface area contributed by atoms with Gasteiger partial charge in [0.05, 0.1) is 0 Å². The van der Waals surface area contributed by atoms with Gasteiger partial charge in [-0.2, -0.15) is 0 Å². The van der Waals surface area contributed by atoms with Crippen molar-refractivity contribution in [1.82, 2.24) is 0 Å². The van der Waals surface area contributed by atoms with E-state index in [9.17, 15) is 0 Å². The third-order valence-corrected chi connectivity index (χ3v) is 142. The van der Waals surface area contributed by atoms with E-state index in [2.05, 4.69) is 125 Å². The first-order valence-corrected chi connectivity index (χ1v) is 50.9. The Hall–Kier alpha value is -0.559. The molecule has 2 aliphatic rings. The first-order valence-electron chi connectivity index (χ1n) is 12.4. The van der Waals surface area contributed by atoms with E-state index in [1.54, 1.807) is 11.1 Å². The molecule has 2 unspecified atom stereocenters. The third-order valence-electron chi connectivity index (χ3n) is 11.1. The van der Waals surface area contributed by atoms with Crippen molar-refractivity contribution in [3.63, 3.8) is 0 Å². The van der Waals surface area contributed by atoms with E-state index in [0.29, 0.717) is 7.35 Å². The predicted octanol–water partition coefficient (Wildman–Crippen LogP) is 8.82. The number of hydrogen-bond donors (Lipinski definition) is 0. The van der Waals surface area contributed by atoms with E-state index in [-0.39, 0.29) is 0 Å². The van der Waals surface area contributed by atoms with Crippen LogP contribution in [-0.2, 0) is 11.3 Å². The van der Waals surface area contributed by atoms with Gasteiger partial charge in [0.1, 0.15) is 0 Å². The van der Waals surface area contributed by atoms with Crippen LogP contribution in [0.3, 0.4) is 0 Å². The number of hydrogen-bond acceptors (Lipinski definition) is 0. The van der Waals surface area contributed by atoms with Crippen LogP contribution in [0.5, 0.6) is 0 Å². The molecule has 0 amide bonds. The van der Waals surface area contributed by atoms with Crippen LogP contribution in [0.25, 0.3) is 16.8 Å². The second-order valence-corrected chi connectivity index (χ2v) is 166. The van der Waals surface area contributed by atoms with Gasteiger partial charge in [0.15, 0.2) is 0 Å². The predicted molar refractivity (Wildman–Crippen MR) is 154 cm³/mol. The number of benzene rings is 2. The third kappa shape index (κ3) is 3.04. The Kier molecular flexibility index (Phi) is 4.20. The van der Waals surface area contributed by atoms with Crippen LogP contribution >= 0.6 is 0 Å². The normalized spacial score (nSPS) is 25.5. The molecule has 0 radical (unpaired) electrons. The van der Waals surface area contributed by atoms with Gasteiger partial charge in [-0.3, -0.25) is 0 Å². The average molecular weight is 643 g/mol. The van der Waals surface area contributed by atoms with Crippen molar-refractivity contribution in [1.29, 1.82) is 0 Å². The van der Waals surface area contributed by atoms with Crippen molar-refractivity contribution < 1.29 is 11.3 Å². The minimum atomic E-state index is -5.04. The summed E-state index contributed by atoms with van der Waals surface area (Å²) < 4.78 is 12.4. The van der Waals surface area contributed by atoms with Gasteiger partial charge in [-0.05, 0) is 0 Å². The second-order valence-electron chi connectivity index (χ2n) is 17.8. The van der Waals surface area contributed by atoms with Gasteiger partial charge in [0, 0.05) is 0 Å². The Bertz CT molecular complexity index is 1560. The van der Waals surface area contributed by atoms with Gasteiger partial charge in [0.25, 0.3) is 0 Å². The number of allylic oxidation sites excluding steroid dienone is 5. The Balaban J connectivity index is 2.09. The molecule has 32 heavy (non-hydrogen) atoms. The molecule has 0 spiro atoms. The summed E-state index contributed by atoms with van der Waals surface area (Å²) in [5, 5.41) is 2.77. The standard InChI is InChI=1S/C13H9.C9H15Si.C2H6Si.4CH3.Hf.H2Si/c1-2-6-12-10(4-1)8-9-11-5-3-7-13(11)12;1-10(2,3)8-9-6-4-5-7-9;1-3-2;;;;;;/h1-9H;4-7H,8H2,1-3H3;1-2H3;4*1H3;;1H2. The maximum atomic E-state index is 2.84. The first kappa shape index (κ1) is 24.6. The van der Waals surface area contributed by atoms with Crippen LogP contribution in [0.2, 0.25) is 61.2 Å². The zero-order valence-corrected chi connectivity index (χ0v) is 28.9. The number of fused-ring (bicyclic) bond motifs is 3. The van der Waals surface area contributed by atoms with Gasteiger partial charge in [-0.1, -0.05) is 0 Å². The van der Waals surface area contributed by atoms with Crippen molar-refractivity contribution in [2.75, 3.05) is 0 Å². The first-order chi connectivity index (χ1) is 14.2. The van der Waals surface area contributed by atoms with Crippen molar-refractivity contribution in [3.8, 4) is 0 Å². The van der Waals surface area contributed by atoms with E-state index >= 15 is 0 Å². The molecule has 0 nitrogen and oxygen atoms in total. The summed E-state index contributed by atoms with van der Waals surface area (Å²) in [7, 11) is -1.16. The molecule has 4 rings (SSSR count). The number of rotatable bonds is 4. The van der Waals surface area contributed by atoms with Crippen LogP contribution in [0.15, 0.2) is 66.3 Å². The van der Waals surface area contributed by atoms with Crippen LogP contribution in [0.1, 0.15) is 14.8 Å². The molecule has 0 saturated carbocycles. The summed E-state index contributed by atoms with van der Waals surface area (Å²) in [5.41, 5.74) is 3.91. The molecule has 0 aromatic heterocycles. The Morgan fingerprint density at radius 3 is 2.19 bits per heavy atom. The Morgan fingerprint density at radius 2 is 1.56 bits per heavy atom. The molecule has 0 N–H and O–H groups in total. The monoisotopic (exact) mass is 644 g/mol. The van der Waals surface area contributed by atoms with E-state index in [1.807, 2.05) is 0 Å². The molecular formula is C28H44HfSi3. The van der Waals surface area contributed by atoms with Crippen LogP contribution in [0.4, 0.5) is 0 Å². The summed E-state index contributed by atoms with van der Waals surface area (Å²) >= 11 is -5.04. The molecule has 2 aromatic rings. The molecule has 2 aliphatic carbocycles. The maximum absolute atomic E-state index is 5.04. The van der Waals surface area contributed by atoms with E-state index in [4.69, 9.17) is 0 Å². The summed E-state index contributed by atoms with van der Waals surface area (Å²) in [6.07, 6.45) is 13.0. The van der Waals surface area contributed by atoms with Crippen LogP contribution < -0.4 is 0 Å². The molecule has 2 atom stereocenters. The minimum absolute atomic E-state index is 0.491. The van der Waals surface area contributed by atoms with Crippen molar-refractivity contribution >= 4 is 37.4 Å². The van der Waals surface area contributed by atoms with Gasteiger partial charge >= 0.3 is 191 Å². The van der Waals surface area contributed by atoms with E-state index in [1.165, 1.54) is 22.4 Å². The summed E-state index contributed by atoms with van der Waals surface area (Å²) in [6.45, 7) is 15.3. The summed E-state index contributed by atoms with van der Waals surface area (Å²) in [4.78, 5) is 0. The molecule has 0 aliphatic heterocycles. The van der Waals surface area contributed by atoms with Gasteiger partial charge in [-0.15, -0.1) is 0 Å². The van der Waals surface area contributed by atoms with Crippen molar-refractivity contribution in [3.05, 3.63) is 77.4 Å². The fourth-order valence-electron chi connectivity index (χ4n) is 6.71. The van der Waals surface area contributed by atoms with Crippen LogP contribution in [-0.4, -0.2) is 20.5 Å². The molecule has 0 fully saturated rings. The molecule has 0 saturated heterocycles. The van der Waals surface area contributed by atoms with Gasteiger partial charge in [0.2, 0.25) is 0 Å². The summed E-state index contributed by atoms with van der Waals surface area (Å²) in [5.74, 6) is 0. The fraction of sp³-hybridized carbons (Fsp3) is 0.429. The Labute approximate surface area is 189 Å². The van der Waals surface area contributed by atoms with Gasteiger partial charge < -0.3 is 0 Å². The molecule has 0 heterocycles. The Morgan fingerprint density at radius 1 is 0.906 bits per heavy atom. The van der Waals surface area contributed by atoms with E-state index < -0.39 is 24.9 Å². The van der Waals surface area contributed by atoms with E-state index in [0.717, 1.165) is 0 Å². The SMILES string of the molecule is C[Si](C)=[Hf]([CH3])([CH3])([CH3])([CH3])(=[SiH2])([CH]1C=CC(C[Si](C)(C)C)=C1)[CH]1C=Cc2c1ccc1ccccc21.